The van der Waals surface area contributed by atoms with Crippen LogP contribution in [0.25, 0.3) is 21.8 Å². The van der Waals surface area contributed by atoms with Crippen molar-refractivity contribution in [1.29, 1.82) is 0 Å². The molecule has 0 bridgehead atoms. The number of phenolic OH excluding ortho intramolecular Hbond substituents is 2. The first kappa shape index (κ1) is 14.4. The summed E-state index contributed by atoms with van der Waals surface area (Å²) < 4.78 is 5.50. The van der Waals surface area contributed by atoms with Crippen LogP contribution in [0.2, 0.25) is 0 Å². The summed E-state index contributed by atoms with van der Waals surface area (Å²) in [5, 5.41) is 21.8. The SMILES string of the molecule is CCOc1cccc(-c2nc(-c3ccc(O)c(O)c3)cs2)c1. The van der Waals surface area contributed by atoms with Crippen molar-refractivity contribution >= 4 is 11.3 Å². The van der Waals surface area contributed by atoms with Crippen LogP contribution in [-0.4, -0.2) is 21.8 Å². The molecule has 1 heterocycles. The van der Waals surface area contributed by atoms with Crippen molar-refractivity contribution in [2.75, 3.05) is 6.61 Å². The minimum absolute atomic E-state index is 0.136. The predicted molar refractivity (Wildman–Crippen MR) is 87.5 cm³/mol. The molecule has 0 amide bonds. The van der Waals surface area contributed by atoms with Gasteiger partial charge in [0, 0.05) is 16.5 Å². The topological polar surface area (TPSA) is 62.6 Å². The summed E-state index contributed by atoms with van der Waals surface area (Å²) in [4.78, 5) is 4.59. The Morgan fingerprint density at radius 1 is 1.05 bits per heavy atom. The lowest BCUT2D eigenvalue weighted by Gasteiger charge is -2.04. The van der Waals surface area contributed by atoms with Crippen LogP contribution >= 0.6 is 11.3 Å². The smallest absolute Gasteiger partial charge is 0.158 e. The van der Waals surface area contributed by atoms with Crippen LogP contribution in [0.15, 0.2) is 47.8 Å². The van der Waals surface area contributed by atoms with Gasteiger partial charge in [0.25, 0.3) is 0 Å². The van der Waals surface area contributed by atoms with Gasteiger partial charge in [-0.1, -0.05) is 12.1 Å². The molecule has 0 saturated heterocycles. The zero-order valence-electron chi connectivity index (χ0n) is 12.0. The number of hydrogen-bond donors (Lipinski definition) is 2. The van der Waals surface area contributed by atoms with Crippen LogP contribution in [0.4, 0.5) is 0 Å². The number of nitrogens with zero attached hydrogens (tertiary/aromatic N) is 1. The van der Waals surface area contributed by atoms with Gasteiger partial charge in [0.1, 0.15) is 10.8 Å². The molecule has 5 heteroatoms. The summed E-state index contributed by atoms with van der Waals surface area (Å²) in [5.41, 5.74) is 2.51. The third-order valence-electron chi connectivity index (χ3n) is 3.17. The van der Waals surface area contributed by atoms with Gasteiger partial charge in [-0.25, -0.2) is 4.98 Å². The molecule has 1 aromatic heterocycles. The fraction of sp³-hybridized carbons (Fsp3) is 0.118. The minimum atomic E-state index is -0.148. The highest BCUT2D eigenvalue weighted by Crippen LogP contribution is 2.34. The number of benzene rings is 2. The Morgan fingerprint density at radius 3 is 2.68 bits per heavy atom. The number of thiazole rings is 1. The molecule has 0 saturated carbocycles. The number of hydrogen-bond acceptors (Lipinski definition) is 5. The lowest BCUT2D eigenvalue weighted by Crippen LogP contribution is -1.91. The van der Waals surface area contributed by atoms with Crippen molar-refractivity contribution in [3.63, 3.8) is 0 Å². The fourth-order valence-corrected chi connectivity index (χ4v) is 2.93. The van der Waals surface area contributed by atoms with E-state index < -0.39 is 0 Å². The molecule has 0 spiro atoms. The Kier molecular flexibility index (Phi) is 3.98. The van der Waals surface area contributed by atoms with Crippen molar-refractivity contribution in [2.24, 2.45) is 0 Å². The summed E-state index contributed by atoms with van der Waals surface area (Å²) >= 11 is 1.52. The van der Waals surface area contributed by atoms with E-state index in [9.17, 15) is 10.2 Å². The second-order valence-electron chi connectivity index (χ2n) is 4.70. The highest BCUT2D eigenvalue weighted by atomic mass is 32.1. The third kappa shape index (κ3) is 2.89. The molecule has 22 heavy (non-hydrogen) atoms. The van der Waals surface area contributed by atoms with E-state index in [2.05, 4.69) is 4.98 Å². The summed E-state index contributed by atoms with van der Waals surface area (Å²) in [6, 6.07) is 12.5. The monoisotopic (exact) mass is 313 g/mol. The van der Waals surface area contributed by atoms with E-state index >= 15 is 0 Å². The Bertz CT molecular complexity index is 798. The van der Waals surface area contributed by atoms with E-state index in [1.54, 1.807) is 6.07 Å². The molecule has 3 rings (SSSR count). The number of rotatable bonds is 4. The van der Waals surface area contributed by atoms with Crippen LogP contribution in [-0.2, 0) is 0 Å². The zero-order chi connectivity index (χ0) is 15.5. The Hall–Kier alpha value is -2.53. The van der Waals surface area contributed by atoms with Gasteiger partial charge in [0.15, 0.2) is 11.5 Å². The predicted octanol–water partition coefficient (Wildman–Crippen LogP) is 4.29. The number of aromatic nitrogens is 1. The fourth-order valence-electron chi connectivity index (χ4n) is 2.11. The second kappa shape index (κ2) is 6.07. The average molecular weight is 313 g/mol. The molecule has 3 aromatic rings. The minimum Gasteiger partial charge on any atom is -0.504 e. The van der Waals surface area contributed by atoms with Crippen molar-refractivity contribution in [2.45, 2.75) is 6.92 Å². The molecule has 4 nitrogen and oxygen atoms in total. The molecule has 2 aromatic carbocycles. The lowest BCUT2D eigenvalue weighted by molar-refractivity contribution is 0.340. The first-order valence-corrected chi connectivity index (χ1v) is 7.76. The molecule has 112 valence electrons. The maximum Gasteiger partial charge on any atom is 0.158 e. The molecule has 0 atom stereocenters. The zero-order valence-corrected chi connectivity index (χ0v) is 12.8. The van der Waals surface area contributed by atoms with Gasteiger partial charge >= 0.3 is 0 Å². The van der Waals surface area contributed by atoms with Crippen molar-refractivity contribution < 1.29 is 14.9 Å². The highest BCUT2D eigenvalue weighted by Gasteiger charge is 2.09. The van der Waals surface area contributed by atoms with E-state index in [-0.39, 0.29) is 11.5 Å². The van der Waals surface area contributed by atoms with Crippen LogP contribution in [0.5, 0.6) is 17.2 Å². The molecule has 0 unspecified atom stereocenters. The number of aromatic hydroxyl groups is 2. The first-order valence-electron chi connectivity index (χ1n) is 6.88. The van der Waals surface area contributed by atoms with Crippen molar-refractivity contribution in [3.05, 3.63) is 47.8 Å². The van der Waals surface area contributed by atoms with E-state index in [0.717, 1.165) is 27.6 Å². The van der Waals surface area contributed by atoms with Crippen LogP contribution in [0.1, 0.15) is 6.92 Å². The summed E-state index contributed by atoms with van der Waals surface area (Å²) in [6.07, 6.45) is 0. The van der Waals surface area contributed by atoms with E-state index in [1.165, 1.54) is 23.5 Å². The van der Waals surface area contributed by atoms with E-state index in [0.29, 0.717) is 6.61 Å². The summed E-state index contributed by atoms with van der Waals surface area (Å²) in [6.45, 7) is 2.57. The largest absolute Gasteiger partial charge is 0.504 e. The lowest BCUT2D eigenvalue weighted by atomic mass is 10.1. The summed E-state index contributed by atoms with van der Waals surface area (Å²) in [5.74, 6) is 0.535. The quantitative estimate of drug-likeness (QED) is 0.705. The average Bonchev–Trinajstić information content (AvgIpc) is 3.01. The molecule has 0 radical (unpaired) electrons. The van der Waals surface area contributed by atoms with Gasteiger partial charge in [0.05, 0.1) is 12.3 Å². The molecule has 0 aliphatic rings. The maximum atomic E-state index is 9.59. The Balaban J connectivity index is 1.93. The molecular weight excluding hydrogens is 298 g/mol. The molecule has 0 aliphatic carbocycles. The Morgan fingerprint density at radius 2 is 1.91 bits per heavy atom. The number of ether oxygens (including phenoxy) is 1. The van der Waals surface area contributed by atoms with Gasteiger partial charge in [-0.3, -0.25) is 0 Å². The standard InChI is InChI=1S/C17H15NO3S/c1-2-21-13-5-3-4-12(8-13)17-18-14(10-22-17)11-6-7-15(19)16(20)9-11/h3-10,19-20H,2H2,1H3. The Labute approximate surface area is 132 Å². The first-order chi connectivity index (χ1) is 10.7. The van der Waals surface area contributed by atoms with Crippen LogP contribution in [0, 0.1) is 0 Å². The van der Waals surface area contributed by atoms with Gasteiger partial charge < -0.3 is 14.9 Å². The third-order valence-corrected chi connectivity index (χ3v) is 4.06. The second-order valence-corrected chi connectivity index (χ2v) is 5.56. The van der Waals surface area contributed by atoms with Crippen molar-refractivity contribution in [3.8, 4) is 39.1 Å². The maximum absolute atomic E-state index is 9.59. The van der Waals surface area contributed by atoms with E-state index in [1.807, 2.05) is 36.6 Å². The van der Waals surface area contributed by atoms with Crippen molar-refractivity contribution in [1.82, 2.24) is 4.98 Å². The van der Waals surface area contributed by atoms with Gasteiger partial charge in [-0.15, -0.1) is 11.3 Å². The van der Waals surface area contributed by atoms with Gasteiger partial charge in [-0.2, -0.15) is 0 Å². The normalized spacial score (nSPS) is 10.6. The molecule has 2 N–H and O–H groups in total. The van der Waals surface area contributed by atoms with Crippen LogP contribution < -0.4 is 4.74 Å². The highest BCUT2D eigenvalue weighted by molar-refractivity contribution is 7.13. The molecule has 0 aliphatic heterocycles. The molecule has 0 fully saturated rings. The van der Waals surface area contributed by atoms with Gasteiger partial charge in [-0.05, 0) is 37.3 Å². The summed E-state index contributed by atoms with van der Waals surface area (Å²) in [7, 11) is 0. The van der Waals surface area contributed by atoms with Gasteiger partial charge in [0.2, 0.25) is 0 Å². The van der Waals surface area contributed by atoms with E-state index in [4.69, 9.17) is 4.74 Å². The molecular formula is C17H15NO3S. The number of phenols is 2. The van der Waals surface area contributed by atoms with Crippen LogP contribution in [0.3, 0.4) is 0 Å².